The highest BCUT2D eigenvalue weighted by molar-refractivity contribution is 7.17. The van der Waals surface area contributed by atoms with E-state index in [1.54, 1.807) is 11.0 Å². The number of amides is 1. The average molecular weight is 354 g/mol. The highest BCUT2D eigenvalue weighted by atomic mass is 35.5. The summed E-state index contributed by atoms with van der Waals surface area (Å²) in [4.78, 5) is 14.1. The number of hydrogen-bond donors (Lipinski definition) is 1. The maximum Gasteiger partial charge on any atom is 0.414 e. The Hall–Kier alpha value is -1.46. The number of aryl methyl sites for hydroxylation is 1. The first-order valence-electron chi connectivity index (χ1n) is 7.53. The molecule has 0 fully saturated rings. The fourth-order valence-corrected chi connectivity index (χ4v) is 4.26. The van der Waals surface area contributed by atoms with Gasteiger partial charge in [-0.05, 0) is 44.2 Å². The average Bonchev–Trinajstić information content (AvgIpc) is 2.98. The lowest BCUT2D eigenvalue weighted by Gasteiger charge is -2.25. The number of carbonyl (C=O) groups is 1. The molecule has 23 heavy (non-hydrogen) atoms. The van der Waals surface area contributed by atoms with Crippen LogP contribution in [0.25, 0.3) is 10.1 Å². The molecule has 1 N–H and O–H groups in total. The number of halogens is 1. The van der Waals surface area contributed by atoms with E-state index in [2.05, 4.69) is 0 Å². The molecule has 0 radical (unpaired) electrons. The second-order valence-electron chi connectivity index (χ2n) is 6.89. The quantitative estimate of drug-likeness (QED) is 0.734. The number of ether oxygens (including phenoxy) is 1. The molecule has 1 aromatic carbocycles. The van der Waals surface area contributed by atoms with Crippen LogP contribution >= 0.6 is 22.9 Å². The molecule has 1 atom stereocenters. The zero-order valence-corrected chi connectivity index (χ0v) is 15.2. The monoisotopic (exact) mass is 353 g/mol. The highest BCUT2D eigenvalue weighted by Crippen LogP contribution is 2.48. The first-order valence-corrected chi connectivity index (χ1v) is 8.94. The fourth-order valence-electron chi connectivity index (χ4n) is 3.03. The molecule has 0 bridgehead atoms. The van der Waals surface area contributed by atoms with Crippen LogP contribution in [-0.2, 0) is 4.74 Å². The predicted octanol–water partition coefficient (Wildman–Crippen LogP) is 4.99. The van der Waals surface area contributed by atoms with Crippen LogP contribution in [0.2, 0.25) is 0 Å². The summed E-state index contributed by atoms with van der Waals surface area (Å²) in [5, 5.41) is 13.4. The Morgan fingerprint density at radius 1 is 1.52 bits per heavy atom. The van der Waals surface area contributed by atoms with Crippen LogP contribution in [0.3, 0.4) is 0 Å². The molecular weight excluding hydrogens is 334 g/mol. The summed E-state index contributed by atoms with van der Waals surface area (Å²) in [5.74, 6) is 0.651. The first kappa shape index (κ1) is 16.4. The molecule has 0 aliphatic carbocycles. The zero-order valence-electron chi connectivity index (χ0n) is 13.6. The fraction of sp³-hybridized carbons (Fsp3) is 0.471. The number of fused-ring (bicyclic) bond motifs is 3. The summed E-state index contributed by atoms with van der Waals surface area (Å²) < 4.78 is 6.35. The van der Waals surface area contributed by atoms with Crippen molar-refractivity contribution in [3.8, 4) is 5.75 Å². The van der Waals surface area contributed by atoms with Crippen LogP contribution in [-0.4, -0.2) is 29.2 Å². The number of phenols is 1. The summed E-state index contributed by atoms with van der Waals surface area (Å²) in [5.41, 5.74) is 2.27. The Balaban J connectivity index is 2.14. The van der Waals surface area contributed by atoms with Crippen molar-refractivity contribution in [1.29, 1.82) is 0 Å². The van der Waals surface area contributed by atoms with Crippen molar-refractivity contribution in [3.63, 3.8) is 0 Å². The number of phenolic OH excluding ortho intramolecular Hbond substituents is 1. The maximum atomic E-state index is 12.5. The van der Waals surface area contributed by atoms with Crippen LogP contribution in [0.15, 0.2) is 11.4 Å². The third kappa shape index (κ3) is 2.76. The van der Waals surface area contributed by atoms with Crippen molar-refractivity contribution >= 4 is 44.8 Å². The van der Waals surface area contributed by atoms with E-state index in [1.165, 1.54) is 11.3 Å². The molecule has 124 valence electrons. The summed E-state index contributed by atoms with van der Waals surface area (Å²) in [7, 11) is 0. The second-order valence-corrected chi connectivity index (χ2v) is 8.08. The Kier molecular flexibility index (Phi) is 3.97. The van der Waals surface area contributed by atoms with Crippen molar-refractivity contribution in [1.82, 2.24) is 0 Å². The molecule has 0 saturated carbocycles. The Morgan fingerprint density at radius 2 is 2.22 bits per heavy atom. The number of aromatic hydroxyl groups is 1. The molecule has 6 heteroatoms. The van der Waals surface area contributed by atoms with Gasteiger partial charge in [-0.1, -0.05) is 0 Å². The summed E-state index contributed by atoms with van der Waals surface area (Å²) in [6.45, 7) is 8.00. The van der Waals surface area contributed by atoms with Crippen LogP contribution in [0.4, 0.5) is 10.5 Å². The molecule has 0 saturated heterocycles. The van der Waals surface area contributed by atoms with Gasteiger partial charge in [-0.2, -0.15) is 0 Å². The van der Waals surface area contributed by atoms with Crippen molar-refractivity contribution in [2.45, 2.75) is 39.2 Å². The summed E-state index contributed by atoms with van der Waals surface area (Å²) >= 11 is 7.67. The minimum atomic E-state index is -0.569. The Labute approximate surface area is 144 Å². The minimum absolute atomic E-state index is 0.0376. The van der Waals surface area contributed by atoms with Gasteiger partial charge in [0, 0.05) is 29.8 Å². The molecule has 0 spiro atoms. The van der Waals surface area contributed by atoms with Crippen LogP contribution in [0.1, 0.15) is 37.8 Å². The third-order valence-corrected chi connectivity index (χ3v) is 5.42. The summed E-state index contributed by atoms with van der Waals surface area (Å²) in [6, 6.07) is 1.66. The van der Waals surface area contributed by atoms with E-state index in [0.29, 0.717) is 18.1 Å². The normalized spacial score (nSPS) is 17.6. The summed E-state index contributed by atoms with van der Waals surface area (Å²) in [6.07, 6.45) is -0.405. The Bertz CT molecular complexity index is 778. The number of alkyl halides is 1. The number of hydrogen-bond acceptors (Lipinski definition) is 4. The molecule has 2 aromatic rings. The highest BCUT2D eigenvalue weighted by Gasteiger charge is 2.37. The lowest BCUT2D eigenvalue weighted by Crippen LogP contribution is -2.36. The third-order valence-electron chi connectivity index (χ3n) is 3.93. The first-order chi connectivity index (χ1) is 10.7. The predicted molar refractivity (Wildman–Crippen MR) is 95.3 cm³/mol. The van der Waals surface area contributed by atoms with E-state index in [1.807, 2.05) is 33.1 Å². The SMILES string of the molecule is Cc1csc2c(O)cc3c(c12)[C@@H](CCl)CN3C(=O)OC(C)(C)C. The molecule has 0 unspecified atom stereocenters. The number of rotatable bonds is 1. The molecule has 1 aliphatic rings. The topological polar surface area (TPSA) is 49.8 Å². The number of anilines is 1. The number of thiophene rings is 1. The van der Waals surface area contributed by atoms with E-state index in [-0.39, 0.29) is 11.7 Å². The van der Waals surface area contributed by atoms with E-state index < -0.39 is 11.7 Å². The van der Waals surface area contributed by atoms with Gasteiger partial charge in [0.25, 0.3) is 0 Å². The molecule has 1 aliphatic heterocycles. The molecular formula is C17H20ClNO3S. The van der Waals surface area contributed by atoms with Crippen molar-refractivity contribution in [3.05, 3.63) is 22.6 Å². The molecule has 2 heterocycles. The standard InChI is InChI=1S/C17H20ClNO3S/c1-9-8-23-15-12(20)5-11-14(13(9)15)10(6-18)7-19(11)16(21)22-17(2,3)4/h5,8,10,20H,6-7H2,1-4H3/t10-/m0/s1. The largest absolute Gasteiger partial charge is 0.506 e. The van der Waals surface area contributed by atoms with Crippen LogP contribution in [0.5, 0.6) is 5.75 Å². The number of benzene rings is 1. The van der Waals surface area contributed by atoms with Gasteiger partial charge in [-0.15, -0.1) is 22.9 Å². The van der Waals surface area contributed by atoms with Crippen molar-refractivity contribution in [2.24, 2.45) is 0 Å². The van der Waals surface area contributed by atoms with Gasteiger partial charge in [0.1, 0.15) is 11.4 Å². The van der Waals surface area contributed by atoms with E-state index in [4.69, 9.17) is 16.3 Å². The second kappa shape index (κ2) is 5.56. The number of carbonyl (C=O) groups excluding carboxylic acids is 1. The molecule has 3 rings (SSSR count). The maximum absolute atomic E-state index is 12.5. The van der Waals surface area contributed by atoms with Crippen molar-refractivity contribution in [2.75, 3.05) is 17.3 Å². The van der Waals surface area contributed by atoms with E-state index in [9.17, 15) is 9.90 Å². The lowest BCUT2D eigenvalue weighted by molar-refractivity contribution is 0.0582. The zero-order chi connectivity index (χ0) is 16.9. The smallest absolute Gasteiger partial charge is 0.414 e. The molecule has 1 aromatic heterocycles. The van der Waals surface area contributed by atoms with Gasteiger partial charge in [0.15, 0.2) is 0 Å². The van der Waals surface area contributed by atoms with Crippen molar-refractivity contribution < 1.29 is 14.6 Å². The van der Waals surface area contributed by atoms with Gasteiger partial charge >= 0.3 is 6.09 Å². The Morgan fingerprint density at radius 3 is 2.83 bits per heavy atom. The minimum Gasteiger partial charge on any atom is -0.506 e. The lowest BCUT2D eigenvalue weighted by atomic mass is 9.97. The van der Waals surface area contributed by atoms with Gasteiger partial charge < -0.3 is 9.84 Å². The molecule has 1 amide bonds. The van der Waals surface area contributed by atoms with E-state index >= 15 is 0 Å². The van der Waals surface area contributed by atoms with Gasteiger partial charge in [-0.3, -0.25) is 4.90 Å². The van der Waals surface area contributed by atoms with Gasteiger partial charge in [-0.25, -0.2) is 4.79 Å². The van der Waals surface area contributed by atoms with Gasteiger partial charge in [0.05, 0.1) is 10.4 Å². The number of nitrogens with zero attached hydrogens (tertiary/aromatic N) is 1. The van der Waals surface area contributed by atoms with Crippen LogP contribution in [0, 0.1) is 6.92 Å². The molecule has 4 nitrogen and oxygen atoms in total. The van der Waals surface area contributed by atoms with E-state index in [0.717, 1.165) is 21.2 Å². The van der Waals surface area contributed by atoms with Crippen LogP contribution < -0.4 is 4.90 Å². The van der Waals surface area contributed by atoms with Gasteiger partial charge in [0.2, 0.25) is 0 Å².